The second-order valence-electron chi connectivity index (χ2n) is 6.12. The van der Waals surface area contributed by atoms with Gasteiger partial charge in [-0.05, 0) is 38.0 Å². The van der Waals surface area contributed by atoms with Gasteiger partial charge in [0.2, 0.25) is 0 Å². The third-order valence-electron chi connectivity index (χ3n) is 4.40. The van der Waals surface area contributed by atoms with Crippen LogP contribution in [-0.2, 0) is 4.79 Å². The number of benzene rings is 1. The number of hydrogen-bond donors (Lipinski definition) is 2. The minimum absolute atomic E-state index is 0.119. The molecule has 2 heterocycles. The average molecular weight is 356 g/mol. The molecule has 1 aromatic heterocycles. The van der Waals surface area contributed by atoms with Crippen molar-refractivity contribution in [3.05, 3.63) is 30.0 Å². The van der Waals surface area contributed by atoms with Crippen LogP contribution in [-0.4, -0.2) is 45.3 Å². The number of carbonyl (C=O) groups is 2. The van der Waals surface area contributed by atoms with Crippen LogP contribution in [0.2, 0.25) is 0 Å². The number of alkyl halides is 3. The maximum atomic E-state index is 12.7. The van der Waals surface area contributed by atoms with Gasteiger partial charge in [-0.3, -0.25) is 4.79 Å². The first-order valence-electron chi connectivity index (χ1n) is 7.54. The number of amides is 1. The summed E-state index contributed by atoms with van der Waals surface area (Å²) in [5.41, 5.74) is -0.881. The van der Waals surface area contributed by atoms with Gasteiger partial charge in [-0.15, -0.1) is 13.2 Å². The SMILES string of the molecule is CC1(C(=O)O)CCCN1C(=O)c1cc2ccc(OC(F)(F)F)cc2[nH]1. The molecule has 1 amide bonds. The molecule has 3 rings (SSSR count). The summed E-state index contributed by atoms with van der Waals surface area (Å²) < 4.78 is 40.7. The van der Waals surface area contributed by atoms with Crippen LogP contribution in [0.4, 0.5) is 13.2 Å². The number of aromatic amines is 1. The molecular weight excluding hydrogens is 341 g/mol. The molecule has 1 atom stereocenters. The summed E-state index contributed by atoms with van der Waals surface area (Å²) in [5, 5.41) is 9.92. The Hall–Kier alpha value is -2.71. The van der Waals surface area contributed by atoms with Gasteiger partial charge >= 0.3 is 12.3 Å². The van der Waals surface area contributed by atoms with Crippen LogP contribution in [0.15, 0.2) is 24.3 Å². The number of fused-ring (bicyclic) bond motifs is 1. The van der Waals surface area contributed by atoms with Crippen molar-refractivity contribution in [1.82, 2.24) is 9.88 Å². The number of H-pyrrole nitrogens is 1. The summed E-state index contributed by atoms with van der Waals surface area (Å²) in [5.74, 6) is -2.00. The van der Waals surface area contributed by atoms with Gasteiger partial charge in [-0.2, -0.15) is 0 Å². The monoisotopic (exact) mass is 356 g/mol. The quantitative estimate of drug-likeness (QED) is 0.885. The molecule has 1 aromatic carbocycles. The number of nitrogens with one attached hydrogen (secondary N) is 1. The molecule has 1 fully saturated rings. The highest BCUT2D eigenvalue weighted by Gasteiger charge is 2.46. The first-order chi connectivity index (χ1) is 11.6. The molecule has 1 aliphatic heterocycles. The fourth-order valence-electron chi connectivity index (χ4n) is 3.08. The second-order valence-corrected chi connectivity index (χ2v) is 6.12. The topological polar surface area (TPSA) is 82.6 Å². The summed E-state index contributed by atoms with van der Waals surface area (Å²) in [6.07, 6.45) is -3.89. The number of aliphatic carboxylic acids is 1. The van der Waals surface area contributed by atoms with E-state index in [2.05, 4.69) is 9.72 Å². The molecule has 2 N–H and O–H groups in total. The van der Waals surface area contributed by atoms with E-state index >= 15 is 0 Å². The minimum atomic E-state index is -4.81. The number of nitrogens with zero attached hydrogens (tertiary/aromatic N) is 1. The van der Waals surface area contributed by atoms with Gasteiger partial charge in [0.1, 0.15) is 17.0 Å². The number of likely N-dealkylation sites (tertiary alicyclic amines) is 1. The molecule has 6 nitrogen and oxygen atoms in total. The van der Waals surface area contributed by atoms with E-state index in [1.165, 1.54) is 24.0 Å². The zero-order valence-corrected chi connectivity index (χ0v) is 13.2. The maximum absolute atomic E-state index is 12.7. The second kappa shape index (κ2) is 5.68. The highest BCUT2D eigenvalue weighted by Crippen LogP contribution is 2.32. The third kappa shape index (κ3) is 3.13. The molecule has 0 aliphatic carbocycles. The van der Waals surface area contributed by atoms with Crippen molar-refractivity contribution < 1.29 is 32.6 Å². The summed E-state index contributed by atoms with van der Waals surface area (Å²) in [4.78, 5) is 28.2. The van der Waals surface area contributed by atoms with Crippen LogP contribution in [0.1, 0.15) is 30.3 Å². The number of ether oxygens (including phenoxy) is 1. The predicted octanol–water partition coefficient (Wildman–Crippen LogP) is 3.15. The first-order valence-corrected chi connectivity index (χ1v) is 7.54. The highest BCUT2D eigenvalue weighted by molar-refractivity contribution is 6.00. The number of rotatable bonds is 3. The number of aromatic nitrogens is 1. The number of halogens is 3. The lowest BCUT2D eigenvalue weighted by molar-refractivity contribution is -0.274. The Balaban J connectivity index is 1.91. The Kier molecular flexibility index (Phi) is 3.89. The van der Waals surface area contributed by atoms with E-state index in [1.807, 2.05) is 0 Å². The number of carbonyl (C=O) groups excluding carboxylic acids is 1. The molecular formula is C16H15F3N2O4. The Morgan fingerprint density at radius 1 is 1.32 bits per heavy atom. The van der Waals surface area contributed by atoms with E-state index in [1.54, 1.807) is 0 Å². The molecule has 0 spiro atoms. The van der Waals surface area contributed by atoms with Crippen molar-refractivity contribution in [2.24, 2.45) is 0 Å². The molecule has 1 aliphatic rings. The van der Waals surface area contributed by atoms with E-state index in [-0.39, 0.29) is 5.69 Å². The van der Waals surface area contributed by atoms with Crippen molar-refractivity contribution in [3.8, 4) is 5.75 Å². The van der Waals surface area contributed by atoms with Crippen molar-refractivity contribution in [1.29, 1.82) is 0 Å². The number of carboxylic acid groups (broad SMARTS) is 1. The van der Waals surface area contributed by atoms with Gasteiger partial charge in [0.15, 0.2) is 0 Å². The highest BCUT2D eigenvalue weighted by atomic mass is 19.4. The zero-order valence-electron chi connectivity index (χ0n) is 13.2. The fourth-order valence-corrected chi connectivity index (χ4v) is 3.08. The van der Waals surface area contributed by atoms with Crippen molar-refractivity contribution >= 4 is 22.8 Å². The molecule has 0 bridgehead atoms. The largest absolute Gasteiger partial charge is 0.573 e. The first kappa shape index (κ1) is 17.1. The van der Waals surface area contributed by atoms with Crippen LogP contribution >= 0.6 is 0 Å². The van der Waals surface area contributed by atoms with Gasteiger partial charge in [0.25, 0.3) is 5.91 Å². The Labute approximate surface area is 140 Å². The van der Waals surface area contributed by atoms with Crippen molar-refractivity contribution in [2.45, 2.75) is 31.7 Å². The lowest BCUT2D eigenvalue weighted by Gasteiger charge is -2.30. The average Bonchev–Trinajstić information content (AvgIpc) is 3.08. The fraction of sp³-hybridized carbons (Fsp3) is 0.375. The Morgan fingerprint density at radius 2 is 2.04 bits per heavy atom. The van der Waals surface area contributed by atoms with Crippen LogP contribution in [0, 0.1) is 0 Å². The summed E-state index contributed by atoms with van der Waals surface area (Å²) in [6.45, 7) is 1.79. The molecule has 1 unspecified atom stereocenters. The van der Waals surface area contributed by atoms with Crippen molar-refractivity contribution in [3.63, 3.8) is 0 Å². The minimum Gasteiger partial charge on any atom is -0.480 e. The Bertz CT molecular complexity index is 846. The van der Waals surface area contributed by atoms with E-state index in [4.69, 9.17) is 0 Å². The summed E-state index contributed by atoms with van der Waals surface area (Å²) in [6, 6.07) is 5.16. The van der Waals surface area contributed by atoms with Crippen LogP contribution in [0.5, 0.6) is 5.75 Å². The number of hydrogen-bond acceptors (Lipinski definition) is 3. The lowest BCUT2D eigenvalue weighted by atomic mass is 9.99. The van der Waals surface area contributed by atoms with Gasteiger partial charge < -0.3 is 19.7 Å². The molecule has 1 saturated heterocycles. The molecule has 134 valence electrons. The van der Waals surface area contributed by atoms with Gasteiger partial charge in [-0.1, -0.05) is 0 Å². The van der Waals surface area contributed by atoms with E-state index < -0.39 is 29.5 Å². The zero-order chi connectivity index (χ0) is 18.4. The molecule has 9 heteroatoms. The molecule has 0 radical (unpaired) electrons. The van der Waals surface area contributed by atoms with E-state index in [9.17, 15) is 27.9 Å². The lowest BCUT2D eigenvalue weighted by Crippen LogP contribution is -2.50. The predicted molar refractivity (Wildman–Crippen MR) is 81.3 cm³/mol. The maximum Gasteiger partial charge on any atom is 0.573 e. The summed E-state index contributed by atoms with van der Waals surface area (Å²) in [7, 11) is 0. The summed E-state index contributed by atoms with van der Waals surface area (Å²) >= 11 is 0. The molecule has 2 aromatic rings. The van der Waals surface area contributed by atoms with Gasteiger partial charge in [-0.25, -0.2) is 4.79 Å². The normalized spacial score (nSPS) is 20.9. The van der Waals surface area contributed by atoms with Crippen LogP contribution in [0.25, 0.3) is 10.9 Å². The van der Waals surface area contributed by atoms with E-state index in [0.717, 1.165) is 12.1 Å². The molecule has 0 saturated carbocycles. The smallest absolute Gasteiger partial charge is 0.480 e. The van der Waals surface area contributed by atoms with Crippen LogP contribution < -0.4 is 4.74 Å². The van der Waals surface area contributed by atoms with Crippen LogP contribution in [0.3, 0.4) is 0 Å². The molecule has 25 heavy (non-hydrogen) atoms. The Morgan fingerprint density at radius 3 is 2.68 bits per heavy atom. The third-order valence-corrected chi connectivity index (χ3v) is 4.40. The standard InChI is InChI=1S/C16H15F3N2O4/c1-15(14(23)24)5-2-6-21(15)13(22)12-7-9-3-4-10(8-11(9)20-12)25-16(17,18)19/h3-4,7-8,20H,2,5-6H2,1H3,(H,23,24). The van der Waals surface area contributed by atoms with Gasteiger partial charge in [0.05, 0.1) is 0 Å². The van der Waals surface area contributed by atoms with Gasteiger partial charge in [0, 0.05) is 23.5 Å². The number of carboxylic acids is 1. The van der Waals surface area contributed by atoms with Crippen molar-refractivity contribution in [2.75, 3.05) is 6.54 Å². The van der Waals surface area contributed by atoms with E-state index in [0.29, 0.717) is 30.3 Å².